The highest BCUT2D eigenvalue weighted by Crippen LogP contribution is 2.23. The summed E-state index contributed by atoms with van der Waals surface area (Å²) in [7, 11) is 0. The van der Waals surface area contributed by atoms with Gasteiger partial charge in [-0.3, -0.25) is 9.59 Å². The van der Waals surface area contributed by atoms with Crippen LogP contribution >= 0.6 is 34.5 Å². The van der Waals surface area contributed by atoms with Gasteiger partial charge in [-0.15, -0.1) is 11.3 Å². The smallest absolute Gasteiger partial charge is 0.287 e. The van der Waals surface area contributed by atoms with E-state index in [2.05, 4.69) is 10.3 Å². The molecule has 0 radical (unpaired) electrons. The molecule has 1 aromatic carbocycles. The van der Waals surface area contributed by atoms with Crippen molar-refractivity contribution in [2.75, 3.05) is 0 Å². The van der Waals surface area contributed by atoms with Crippen LogP contribution in [0.5, 0.6) is 0 Å². The molecule has 0 unspecified atom stereocenters. The van der Waals surface area contributed by atoms with E-state index in [0.717, 1.165) is 18.5 Å². The Kier molecular flexibility index (Phi) is 5.63. The first-order valence-electron chi connectivity index (χ1n) is 8.99. The summed E-state index contributed by atoms with van der Waals surface area (Å²) in [6, 6.07) is 8.34. The van der Waals surface area contributed by atoms with E-state index in [9.17, 15) is 9.59 Å². The average molecular weight is 450 g/mol. The molecular weight excluding hydrogens is 433 g/mol. The molecule has 0 bridgehead atoms. The van der Waals surface area contributed by atoms with E-state index >= 15 is 0 Å². The van der Waals surface area contributed by atoms with Crippen LogP contribution in [0.25, 0.3) is 0 Å². The van der Waals surface area contributed by atoms with Gasteiger partial charge in [-0.1, -0.05) is 23.2 Å². The number of benzene rings is 1. The number of amides is 2. The number of rotatable bonds is 5. The number of nitrogens with one attached hydrogen (secondary N) is 1. The van der Waals surface area contributed by atoms with Crippen molar-refractivity contribution in [3.8, 4) is 0 Å². The summed E-state index contributed by atoms with van der Waals surface area (Å²) in [6.45, 7) is 2.28. The molecule has 29 heavy (non-hydrogen) atoms. The van der Waals surface area contributed by atoms with Crippen LogP contribution in [-0.4, -0.2) is 22.4 Å². The fourth-order valence-electron chi connectivity index (χ4n) is 2.70. The van der Waals surface area contributed by atoms with Gasteiger partial charge >= 0.3 is 0 Å². The van der Waals surface area contributed by atoms with Crippen molar-refractivity contribution in [2.45, 2.75) is 32.4 Å². The van der Waals surface area contributed by atoms with Gasteiger partial charge in [-0.05, 0) is 50.1 Å². The quantitative estimate of drug-likeness (QED) is 0.625. The average Bonchev–Trinajstić information content (AvgIpc) is 3.27. The highest BCUT2D eigenvalue weighted by Gasteiger charge is 2.25. The van der Waals surface area contributed by atoms with Gasteiger partial charge in [-0.2, -0.15) is 4.99 Å². The zero-order valence-corrected chi connectivity index (χ0v) is 17.8. The first-order chi connectivity index (χ1) is 13.9. The molecule has 0 aliphatic heterocycles. The highest BCUT2D eigenvalue weighted by molar-refractivity contribution is 7.07. The Bertz CT molecular complexity index is 1160. The third-order valence-electron chi connectivity index (χ3n) is 4.47. The van der Waals surface area contributed by atoms with Crippen LogP contribution in [0.3, 0.4) is 0 Å². The number of hydrogen-bond acceptors (Lipinski definition) is 4. The van der Waals surface area contributed by atoms with Crippen molar-refractivity contribution in [1.82, 2.24) is 9.88 Å². The van der Waals surface area contributed by atoms with Crippen molar-refractivity contribution < 1.29 is 14.0 Å². The molecule has 2 heterocycles. The summed E-state index contributed by atoms with van der Waals surface area (Å²) in [6.07, 6.45) is 2.03. The van der Waals surface area contributed by atoms with Crippen LogP contribution in [0.4, 0.5) is 0 Å². The summed E-state index contributed by atoms with van der Waals surface area (Å²) in [5.74, 6) is 0.273. The Morgan fingerprint density at radius 2 is 2.03 bits per heavy atom. The van der Waals surface area contributed by atoms with E-state index in [4.69, 9.17) is 27.6 Å². The number of halogens is 2. The Morgan fingerprint density at radius 3 is 2.76 bits per heavy atom. The van der Waals surface area contributed by atoms with Crippen LogP contribution in [0.1, 0.15) is 45.2 Å². The van der Waals surface area contributed by atoms with E-state index in [1.54, 1.807) is 24.3 Å². The zero-order chi connectivity index (χ0) is 20.5. The lowest BCUT2D eigenvalue weighted by Gasteiger charge is -2.04. The molecule has 1 aliphatic rings. The summed E-state index contributed by atoms with van der Waals surface area (Å²) in [5, 5.41) is 5.49. The topological polar surface area (TPSA) is 76.6 Å². The molecule has 150 valence electrons. The second-order valence-electron chi connectivity index (χ2n) is 6.81. The van der Waals surface area contributed by atoms with Gasteiger partial charge < -0.3 is 14.3 Å². The normalized spacial score (nSPS) is 14.2. The number of carbonyl (C=O) groups is 2. The van der Waals surface area contributed by atoms with E-state index in [0.29, 0.717) is 32.7 Å². The predicted molar refractivity (Wildman–Crippen MR) is 112 cm³/mol. The zero-order valence-electron chi connectivity index (χ0n) is 15.4. The van der Waals surface area contributed by atoms with Gasteiger partial charge in [0.15, 0.2) is 10.6 Å². The number of carbonyl (C=O) groups excluding carboxylic acids is 2. The minimum atomic E-state index is -0.414. The monoisotopic (exact) mass is 449 g/mol. The summed E-state index contributed by atoms with van der Waals surface area (Å²) in [5.41, 5.74) is 1.28. The van der Waals surface area contributed by atoms with Crippen LogP contribution in [0.15, 0.2) is 45.1 Å². The largest absolute Gasteiger partial charge is 0.454 e. The fraction of sp³-hybridized carbons (Fsp3) is 0.250. The van der Waals surface area contributed by atoms with Gasteiger partial charge in [0.1, 0.15) is 5.76 Å². The van der Waals surface area contributed by atoms with E-state index < -0.39 is 5.91 Å². The van der Waals surface area contributed by atoms with Gasteiger partial charge in [-0.25, -0.2) is 0 Å². The first-order valence-corrected chi connectivity index (χ1v) is 10.6. The van der Waals surface area contributed by atoms with Crippen molar-refractivity contribution in [3.05, 3.63) is 73.3 Å². The summed E-state index contributed by atoms with van der Waals surface area (Å²) in [4.78, 5) is 29.4. The maximum absolute atomic E-state index is 12.5. The molecule has 1 N–H and O–H groups in total. The van der Waals surface area contributed by atoms with E-state index in [1.165, 1.54) is 17.4 Å². The fourth-order valence-corrected chi connectivity index (χ4v) is 3.87. The van der Waals surface area contributed by atoms with Crippen molar-refractivity contribution in [1.29, 1.82) is 0 Å². The Balaban J connectivity index is 1.56. The maximum atomic E-state index is 12.5. The molecule has 9 heteroatoms. The Hall–Kier alpha value is -2.35. The Labute approximate surface area is 180 Å². The van der Waals surface area contributed by atoms with Crippen molar-refractivity contribution >= 4 is 46.4 Å². The van der Waals surface area contributed by atoms with Crippen LogP contribution in [-0.2, 0) is 6.54 Å². The molecule has 6 nitrogen and oxygen atoms in total. The number of aryl methyl sites for hydroxylation is 1. The second-order valence-corrected chi connectivity index (χ2v) is 8.46. The molecule has 1 fully saturated rings. The third kappa shape index (κ3) is 4.63. The second kappa shape index (κ2) is 8.18. The molecular formula is C20H17Cl2N3O3S. The number of thiazole rings is 1. The molecule has 3 aromatic rings. The van der Waals surface area contributed by atoms with Gasteiger partial charge in [0.05, 0.1) is 16.6 Å². The lowest BCUT2D eigenvalue weighted by atomic mass is 10.2. The number of hydrogen-bond donors (Lipinski definition) is 1. The lowest BCUT2D eigenvalue weighted by Crippen LogP contribution is -2.24. The van der Waals surface area contributed by atoms with Crippen LogP contribution in [0.2, 0.25) is 10.0 Å². The standard InChI is InChI=1S/C20H17Cl2N3O3S/c1-11-10-29-20(24-18(26)12-2-6-15(21)16(22)8-12)25(11)9-14-5-7-17(28-14)19(27)23-13-3-4-13/h2,5-8,10,13H,3-4,9H2,1H3,(H,23,27). The molecule has 2 amide bonds. The van der Waals surface area contributed by atoms with Gasteiger partial charge in [0.25, 0.3) is 11.8 Å². The highest BCUT2D eigenvalue weighted by atomic mass is 35.5. The molecule has 1 saturated carbocycles. The summed E-state index contributed by atoms with van der Waals surface area (Å²) < 4.78 is 7.55. The first kappa shape index (κ1) is 19.9. The molecule has 4 rings (SSSR count). The number of aromatic nitrogens is 1. The SMILES string of the molecule is Cc1csc(=NC(=O)c2ccc(Cl)c(Cl)c2)n1Cc1ccc(C(=O)NC2CC2)o1. The maximum Gasteiger partial charge on any atom is 0.287 e. The number of furan rings is 1. The predicted octanol–water partition coefficient (Wildman–Crippen LogP) is 4.44. The minimum absolute atomic E-state index is 0.203. The summed E-state index contributed by atoms with van der Waals surface area (Å²) >= 11 is 13.2. The molecule has 0 atom stereocenters. The van der Waals surface area contributed by atoms with Gasteiger partial charge in [0.2, 0.25) is 0 Å². The lowest BCUT2D eigenvalue weighted by molar-refractivity contribution is 0.0920. The van der Waals surface area contributed by atoms with Gasteiger partial charge in [0, 0.05) is 22.7 Å². The molecule has 0 saturated heterocycles. The number of nitrogens with zero attached hydrogens (tertiary/aromatic N) is 2. The van der Waals surface area contributed by atoms with Crippen molar-refractivity contribution in [3.63, 3.8) is 0 Å². The Morgan fingerprint density at radius 1 is 1.24 bits per heavy atom. The minimum Gasteiger partial charge on any atom is -0.454 e. The van der Waals surface area contributed by atoms with Crippen molar-refractivity contribution in [2.24, 2.45) is 4.99 Å². The molecule has 0 spiro atoms. The van der Waals surface area contributed by atoms with E-state index in [-0.39, 0.29) is 17.7 Å². The van der Waals surface area contributed by atoms with E-state index in [1.807, 2.05) is 16.9 Å². The molecule has 1 aliphatic carbocycles. The van der Waals surface area contributed by atoms with Crippen LogP contribution in [0, 0.1) is 6.92 Å². The third-order valence-corrected chi connectivity index (χ3v) is 6.19. The molecule has 2 aromatic heterocycles. The van der Waals surface area contributed by atoms with Crippen LogP contribution < -0.4 is 10.1 Å².